The predicted molar refractivity (Wildman–Crippen MR) is 115 cm³/mol. The molecule has 0 saturated heterocycles. The Kier molecular flexibility index (Phi) is 5.79. The molecular weight excluding hydrogens is 382 g/mol. The molecule has 0 bridgehead atoms. The van der Waals surface area contributed by atoms with Crippen molar-refractivity contribution in [1.29, 1.82) is 0 Å². The number of aromatic nitrogens is 2. The Balaban J connectivity index is 1.28. The first kappa shape index (κ1) is 18.7. The van der Waals surface area contributed by atoms with Crippen LogP contribution in [-0.4, -0.2) is 29.0 Å². The van der Waals surface area contributed by atoms with Crippen LogP contribution in [0.1, 0.15) is 10.5 Å². The highest BCUT2D eigenvalue weighted by atomic mass is 32.1. The average molecular weight is 399 g/mol. The molecule has 29 heavy (non-hydrogen) atoms. The van der Waals surface area contributed by atoms with Crippen LogP contribution in [0.5, 0.6) is 5.75 Å². The summed E-state index contributed by atoms with van der Waals surface area (Å²) in [6, 6.07) is 19.4. The third-order valence-corrected chi connectivity index (χ3v) is 5.01. The van der Waals surface area contributed by atoms with Crippen molar-refractivity contribution in [2.24, 2.45) is 0 Å². The summed E-state index contributed by atoms with van der Waals surface area (Å²) in [5, 5.41) is 6.34. The van der Waals surface area contributed by atoms with Gasteiger partial charge in [-0.1, -0.05) is 60.4 Å². The molecule has 0 radical (unpaired) electrons. The molecule has 2 aromatic carbocycles. The van der Waals surface area contributed by atoms with Crippen LogP contribution in [0.25, 0.3) is 21.5 Å². The monoisotopic (exact) mass is 399 g/mol. The fourth-order valence-corrected chi connectivity index (χ4v) is 3.53. The van der Waals surface area contributed by atoms with Crippen molar-refractivity contribution in [3.63, 3.8) is 0 Å². The average Bonchev–Trinajstić information content (AvgIpc) is 3.27. The van der Waals surface area contributed by atoms with E-state index in [2.05, 4.69) is 27.1 Å². The number of hydrogen-bond donors (Lipinski definition) is 1. The van der Waals surface area contributed by atoms with Gasteiger partial charge in [-0.2, -0.15) is 0 Å². The Morgan fingerprint density at radius 1 is 1.03 bits per heavy atom. The van der Waals surface area contributed by atoms with Gasteiger partial charge in [0.05, 0.1) is 6.54 Å². The van der Waals surface area contributed by atoms with Gasteiger partial charge in [0.15, 0.2) is 0 Å². The quantitative estimate of drug-likeness (QED) is 0.512. The van der Waals surface area contributed by atoms with Gasteiger partial charge in [0, 0.05) is 22.5 Å². The Hall–Kier alpha value is -3.69. The van der Waals surface area contributed by atoms with Gasteiger partial charge in [-0.25, -0.2) is 4.98 Å². The van der Waals surface area contributed by atoms with Crippen molar-refractivity contribution < 1.29 is 9.53 Å². The summed E-state index contributed by atoms with van der Waals surface area (Å²) >= 11 is 1.44. The van der Waals surface area contributed by atoms with E-state index in [0.717, 1.165) is 21.5 Å². The molecule has 0 spiro atoms. The number of carbonyl (C=O) groups is 1. The highest BCUT2D eigenvalue weighted by Gasteiger charge is 2.10. The minimum atomic E-state index is -0.239. The third-order valence-electron chi connectivity index (χ3n) is 4.12. The van der Waals surface area contributed by atoms with Crippen molar-refractivity contribution in [1.82, 2.24) is 15.3 Å². The molecule has 1 amide bonds. The van der Waals surface area contributed by atoms with Crippen LogP contribution in [0.2, 0.25) is 0 Å². The highest BCUT2D eigenvalue weighted by molar-refractivity contribution is 7.13. The molecule has 4 aromatic rings. The molecule has 142 valence electrons. The van der Waals surface area contributed by atoms with Crippen molar-refractivity contribution in [3.8, 4) is 28.2 Å². The van der Waals surface area contributed by atoms with Gasteiger partial charge in [-0.3, -0.25) is 9.78 Å². The molecule has 0 unspecified atom stereocenters. The number of pyridine rings is 1. The first-order valence-corrected chi connectivity index (χ1v) is 9.90. The van der Waals surface area contributed by atoms with E-state index >= 15 is 0 Å². The number of benzene rings is 2. The molecule has 0 fully saturated rings. The van der Waals surface area contributed by atoms with E-state index in [1.165, 1.54) is 11.3 Å². The fraction of sp³-hybridized carbons (Fsp3) is 0.0870. The van der Waals surface area contributed by atoms with Crippen LogP contribution in [-0.2, 0) is 0 Å². The third kappa shape index (κ3) is 4.60. The van der Waals surface area contributed by atoms with E-state index in [1.807, 2.05) is 60.7 Å². The summed E-state index contributed by atoms with van der Waals surface area (Å²) in [6.45, 7) is 0.453. The number of nitrogens with one attached hydrogen (secondary N) is 1. The second-order valence-corrected chi connectivity index (χ2v) is 6.92. The number of fused-ring (bicyclic) bond motifs is 1. The second-order valence-electron chi connectivity index (χ2n) is 6.06. The SMILES string of the molecule is O=C(NCC#CCOc1cccc2cccnc12)c1csc(-c2ccccc2)n1. The van der Waals surface area contributed by atoms with Gasteiger partial charge in [0.1, 0.15) is 28.6 Å². The van der Waals surface area contributed by atoms with Crippen molar-refractivity contribution in [2.45, 2.75) is 0 Å². The van der Waals surface area contributed by atoms with Crippen LogP contribution >= 0.6 is 11.3 Å². The maximum absolute atomic E-state index is 12.2. The molecular formula is C23H17N3O2S. The first-order valence-electron chi connectivity index (χ1n) is 9.03. The molecule has 0 aliphatic carbocycles. The summed E-state index contributed by atoms with van der Waals surface area (Å²) in [6.07, 6.45) is 1.73. The summed E-state index contributed by atoms with van der Waals surface area (Å²) in [5.74, 6) is 6.25. The molecule has 1 N–H and O–H groups in total. The zero-order chi connectivity index (χ0) is 19.9. The zero-order valence-electron chi connectivity index (χ0n) is 15.5. The van der Waals surface area contributed by atoms with Crippen LogP contribution in [0.15, 0.2) is 72.2 Å². The number of hydrogen-bond acceptors (Lipinski definition) is 5. The molecule has 0 aliphatic heterocycles. The Morgan fingerprint density at radius 3 is 2.79 bits per heavy atom. The summed E-state index contributed by atoms with van der Waals surface area (Å²) in [7, 11) is 0. The van der Waals surface area contributed by atoms with Gasteiger partial charge < -0.3 is 10.1 Å². The van der Waals surface area contributed by atoms with E-state index in [-0.39, 0.29) is 19.1 Å². The summed E-state index contributed by atoms with van der Waals surface area (Å²) in [4.78, 5) is 20.9. The lowest BCUT2D eigenvalue weighted by Crippen LogP contribution is -2.23. The largest absolute Gasteiger partial charge is 0.479 e. The second kappa shape index (κ2) is 9.00. The molecule has 0 saturated carbocycles. The molecule has 0 aliphatic rings. The maximum Gasteiger partial charge on any atom is 0.271 e. The van der Waals surface area contributed by atoms with Crippen molar-refractivity contribution in [2.75, 3.05) is 13.2 Å². The maximum atomic E-state index is 12.2. The molecule has 5 nitrogen and oxygen atoms in total. The molecule has 2 aromatic heterocycles. The Bertz CT molecular complexity index is 1190. The lowest BCUT2D eigenvalue weighted by molar-refractivity contribution is 0.0954. The van der Waals surface area contributed by atoms with Gasteiger partial charge in [0.2, 0.25) is 0 Å². The summed E-state index contributed by atoms with van der Waals surface area (Å²) < 4.78 is 5.70. The lowest BCUT2D eigenvalue weighted by Gasteiger charge is -2.05. The minimum Gasteiger partial charge on any atom is -0.479 e. The van der Waals surface area contributed by atoms with Gasteiger partial charge in [0.25, 0.3) is 5.91 Å². The van der Waals surface area contributed by atoms with Crippen LogP contribution < -0.4 is 10.1 Å². The number of nitrogens with zero attached hydrogens (tertiary/aromatic N) is 2. The number of carbonyl (C=O) groups excluding carboxylic acids is 1. The van der Waals surface area contributed by atoms with Crippen LogP contribution in [0.4, 0.5) is 0 Å². The van der Waals surface area contributed by atoms with Gasteiger partial charge in [-0.15, -0.1) is 11.3 Å². The van der Waals surface area contributed by atoms with E-state index in [0.29, 0.717) is 11.4 Å². The lowest BCUT2D eigenvalue weighted by atomic mass is 10.2. The smallest absolute Gasteiger partial charge is 0.271 e. The summed E-state index contributed by atoms with van der Waals surface area (Å²) in [5.41, 5.74) is 2.20. The minimum absolute atomic E-state index is 0.223. The molecule has 6 heteroatoms. The number of amides is 1. The number of thiazole rings is 1. The van der Waals surface area contributed by atoms with Gasteiger partial charge >= 0.3 is 0 Å². The predicted octanol–water partition coefficient (Wildman–Crippen LogP) is 4.17. The molecule has 2 heterocycles. The Morgan fingerprint density at radius 2 is 1.90 bits per heavy atom. The Labute approximate surface area is 172 Å². The van der Waals surface area contributed by atoms with E-state index < -0.39 is 0 Å². The highest BCUT2D eigenvalue weighted by Crippen LogP contribution is 2.23. The fourth-order valence-electron chi connectivity index (χ4n) is 2.73. The normalized spacial score (nSPS) is 10.2. The van der Waals surface area contributed by atoms with E-state index in [9.17, 15) is 4.79 Å². The van der Waals surface area contributed by atoms with Crippen LogP contribution in [0, 0.1) is 11.8 Å². The van der Waals surface area contributed by atoms with Crippen LogP contribution in [0.3, 0.4) is 0 Å². The van der Waals surface area contributed by atoms with Crippen molar-refractivity contribution >= 4 is 28.1 Å². The van der Waals surface area contributed by atoms with E-state index in [4.69, 9.17) is 4.74 Å². The first-order chi connectivity index (χ1) is 14.3. The number of rotatable bonds is 5. The van der Waals surface area contributed by atoms with Gasteiger partial charge in [-0.05, 0) is 12.1 Å². The molecule has 0 atom stereocenters. The number of para-hydroxylation sites is 1. The number of ether oxygens (including phenoxy) is 1. The topological polar surface area (TPSA) is 64.1 Å². The standard InChI is InChI=1S/C23H17N3O2S/c27-22(19-16-29-23(26-19)18-8-2-1-3-9-18)25-13-4-5-15-28-20-12-6-10-17-11-7-14-24-21(17)20/h1-3,6-12,14,16H,13,15H2,(H,25,27). The van der Waals surface area contributed by atoms with Crippen molar-refractivity contribution in [3.05, 3.63) is 77.9 Å². The zero-order valence-corrected chi connectivity index (χ0v) is 16.3. The molecule has 4 rings (SSSR count). The van der Waals surface area contributed by atoms with E-state index in [1.54, 1.807) is 11.6 Å².